The molecule has 0 unspecified atom stereocenters. The van der Waals surface area contributed by atoms with Crippen molar-refractivity contribution in [3.05, 3.63) is 194 Å². The summed E-state index contributed by atoms with van der Waals surface area (Å²) in [7, 11) is 0. The van der Waals surface area contributed by atoms with E-state index in [1.807, 2.05) is 24.3 Å². The Balaban J connectivity index is 1.08. The van der Waals surface area contributed by atoms with Crippen LogP contribution in [0.1, 0.15) is 0 Å². The molecular formula is C48H32N2O2. The van der Waals surface area contributed by atoms with E-state index in [1.54, 1.807) is 0 Å². The van der Waals surface area contributed by atoms with E-state index < -0.39 is 0 Å². The van der Waals surface area contributed by atoms with Gasteiger partial charge in [0.2, 0.25) is 0 Å². The minimum Gasteiger partial charge on any atom is -0.456 e. The normalized spacial score (nSPS) is 11.5. The average Bonchev–Trinajstić information content (AvgIpc) is 3.77. The Morgan fingerprint density at radius 1 is 0.250 bits per heavy atom. The quantitative estimate of drug-likeness (QED) is 0.169. The highest BCUT2D eigenvalue weighted by atomic mass is 16.3. The van der Waals surface area contributed by atoms with Gasteiger partial charge in [0.15, 0.2) is 0 Å². The molecule has 0 spiro atoms. The minimum atomic E-state index is 0.863. The maximum absolute atomic E-state index is 6.38. The molecule has 8 aromatic carbocycles. The second-order valence-electron chi connectivity index (χ2n) is 13.0. The number of hydrogen-bond donors (Lipinski definition) is 0. The number of anilines is 6. The highest BCUT2D eigenvalue weighted by molar-refractivity contribution is 6.10. The molecule has 10 rings (SSSR count). The first kappa shape index (κ1) is 29.8. The Labute approximate surface area is 301 Å². The molecule has 0 N–H and O–H groups in total. The molecule has 52 heavy (non-hydrogen) atoms. The van der Waals surface area contributed by atoms with E-state index in [9.17, 15) is 0 Å². The van der Waals surface area contributed by atoms with Crippen molar-refractivity contribution < 1.29 is 8.83 Å². The van der Waals surface area contributed by atoms with Crippen LogP contribution in [0.4, 0.5) is 34.1 Å². The molecule has 0 amide bonds. The number of fused-ring (bicyclic) bond motifs is 6. The summed E-state index contributed by atoms with van der Waals surface area (Å²) < 4.78 is 12.8. The number of benzene rings is 8. The number of rotatable bonds is 7. The highest BCUT2D eigenvalue weighted by Crippen LogP contribution is 2.42. The molecule has 0 aliphatic carbocycles. The fraction of sp³-hybridized carbons (Fsp3) is 0. The topological polar surface area (TPSA) is 32.8 Å². The Kier molecular flexibility index (Phi) is 7.10. The van der Waals surface area contributed by atoms with Crippen LogP contribution in [0.3, 0.4) is 0 Å². The third kappa shape index (κ3) is 5.17. The summed E-state index contributed by atoms with van der Waals surface area (Å²) in [5.74, 6) is 0. The second kappa shape index (κ2) is 12.4. The van der Waals surface area contributed by atoms with E-state index in [0.717, 1.165) is 89.1 Å². The maximum Gasteiger partial charge on any atom is 0.135 e. The van der Waals surface area contributed by atoms with E-state index in [4.69, 9.17) is 8.83 Å². The average molecular weight is 669 g/mol. The Morgan fingerprint density at radius 3 is 0.865 bits per heavy atom. The van der Waals surface area contributed by atoms with Crippen molar-refractivity contribution in [2.24, 2.45) is 0 Å². The summed E-state index contributed by atoms with van der Waals surface area (Å²) >= 11 is 0. The molecule has 0 saturated heterocycles. The van der Waals surface area contributed by atoms with Crippen molar-refractivity contribution >= 4 is 78.0 Å². The van der Waals surface area contributed by atoms with Gasteiger partial charge in [-0.25, -0.2) is 0 Å². The Hall–Kier alpha value is -7.04. The van der Waals surface area contributed by atoms with Gasteiger partial charge in [0.05, 0.1) is 0 Å². The van der Waals surface area contributed by atoms with Crippen molar-refractivity contribution in [2.45, 2.75) is 0 Å². The standard InChI is InChI=1S/C48H32N2O2/c1-5-13-35(14-6-1)49(36-15-7-2-8-16-36)39-23-27-47-43(31-39)41-29-33(21-25-45(41)51-47)34-22-26-46-42(30-34)44-32-40(24-28-48(44)52-46)50(37-17-9-3-10-18-37)38-19-11-4-12-20-38/h1-32H. The summed E-state index contributed by atoms with van der Waals surface area (Å²) in [6, 6.07) is 67.8. The molecule has 0 fully saturated rings. The number of furan rings is 2. The first-order valence-electron chi connectivity index (χ1n) is 17.5. The molecule has 0 aliphatic heterocycles. The predicted octanol–water partition coefficient (Wildman–Crippen LogP) is 14.1. The van der Waals surface area contributed by atoms with Gasteiger partial charge in [-0.15, -0.1) is 0 Å². The zero-order chi connectivity index (χ0) is 34.4. The number of para-hydroxylation sites is 4. The fourth-order valence-electron chi connectivity index (χ4n) is 7.37. The van der Waals surface area contributed by atoms with Crippen molar-refractivity contribution in [3.8, 4) is 11.1 Å². The van der Waals surface area contributed by atoms with Crippen LogP contribution in [0.5, 0.6) is 0 Å². The molecule has 0 saturated carbocycles. The van der Waals surface area contributed by atoms with Crippen LogP contribution in [0.25, 0.3) is 55.0 Å². The summed E-state index contributed by atoms with van der Waals surface area (Å²) in [5, 5.41) is 4.31. The second-order valence-corrected chi connectivity index (χ2v) is 13.0. The molecule has 4 nitrogen and oxygen atoms in total. The summed E-state index contributed by atoms with van der Waals surface area (Å²) in [4.78, 5) is 4.57. The largest absolute Gasteiger partial charge is 0.456 e. The first-order valence-corrected chi connectivity index (χ1v) is 17.5. The molecule has 4 heteroatoms. The summed E-state index contributed by atoms with van der Waals surface area (Å²) in [6.45, 7) is 0. The molecule has 10 aromatic rings. The van der Waals surface area contributed by atoms with E-state index >= 15 is 0 Å². The van der Waals surface area contributed by atoms with Gasteiger partial charge >= 0.3 is 0 Å². The SMILES string of the molecule is c1ccc(N(c2ccccc2)c2ccc3oc4ccc(-c5ccc6oc7ccc(N(c8ccccc8)c8ccccc8)cc7c6c5)cc4c3c2)cc1. The Morgan fingerprint density at radius 2 is 0.538 bits per heavy atom. The zero-order valence-corrected chi connectivity index (χ0v) is 28.2. The van der Waals surface area contributed by atoms with Crippen LogP contribution in [0.15, 0.2) is 203 Å². The zero-order valence-electron chi connectivity index (χ0n) is 28.2. The van der Waals surface area contributed by atoms with E-state index in [0.29, 0.717) is 0 Å². The van der Waals surface area contributed by atoms with Crippen LogP contribution in [0, 0.1) is 0 Å². The van der Waals surface area contributed by atoms with Crippen LogP contribution in [0.2, 0.25) is 0 Å². The molecule has 0 bridgehead atoms. The first-order chi connectivity index (χ1) is 25.8. The smallest absolute Gasteiger partial charge is 0.135 e. The van der Waals surface area contributed by atoms with Gasteiger partial charge in [-0.1, -0.05) is 84.9 Å². The van der Waals surface area contributed by atoms with Crippen molar-refractivity contribution in [3.63, 3.8) is 0 Å². The molecule has 2 heterocycles. The van der Waals surface area contributed by atoms with Crippen LogP contribution in [-0.4, -0.2) is 0 Å². The summed E-state index contributed by atoms with van der Waals surface area (Å²) in [6.07, 6.45) is 0. The lowest BCUT2D eigenvalue weighted by Gasteiger charge is -2.25. The minimum absolute atomic E-state index is 0.863. The van der Waals surface area contributed by atoms with Crippen molar-refractivity contribution in [1.82, 2.24) is 0 Å². The van der Waals surface area contributed by atoms with Gasteiger partial charge in [0, 0.05) is 55.7 Å². The number of nitrogens with zero attached hydrogens (tertiary/aromatic N) is 2. The van der Waals surface area contributed by atoms with Gasteiger partial charge in [-0.3, -0.25) is 0 Å². The van der Waals surface area contributed by atoms with Gasteiger partial charge in [-0.2, -0.15) is 0 Å². The molecule has 246 valence electrons. The van der Waals surface area contributed by atoms with Gasteiger partial charge < -0.3 is 18.6 Å². The molecule has 0 aliphatic rings. The Bertz CT molecular complexity index is 2570. The fourth-order valence-corrected chi connectivity index (χ4v) is 7.37. The highest BCUT2D eigenvalue weighted by Gasteiger charge is 2.18. The lowest BCUT2D eigenvalue weighted by Crippen LogP contribution is -2.09. The van der Waals surface area contributed by atoms with Crippen LogP contribution >= 0.6 is 0 Å². The molecule has 0 radical (unpaired) electrons. The van der Waals surface area contributed by atoms with Crippen LogP contribution in [-0.2, 0) is 0 Å². The van der Waals surface area contributed by atoms with Gasteiger partial charge in [0.1, 0.15) is 22.3 Å². The van der Waals surface area contributed by atoms with Crippen molar-refractivity contribution in [2.75, 3.05) is 9.80 Å². The predicted molar refractivity (Wildman–Crippen MR) is 216 cm³/mol. The van der Waals surface area contributed by atoms with Gasteiger partial charge in [0.25, 0.3) is 0 Å². The third-order valence-electron chi connectivity index (χ3n) is 9.81. The van der Waals surface area contributed by atoms with Crippen molar-refractivity contribution in [1.29, 1.82) is 0 Å². The van der Waals surface area contributed by atoms with E-state index in [2.05, 4.69) is 180 Å². The van der Waals surface area contributed by atoms with Gasteiger partial charge in [-0.05, 0) is 120 Å². The van der Waals surface area contributed by atoms with E-state index in [1.165, 1.54) is 0 Å². The summed E-state index contributed by atoms with van der Waals surface area (Å²) in [5.41, 5.74) is 12.2. The van der Waals surface area contributed by atoms with E-state index in [-0.39, 0.29) is 0 Å². The third-order valence-corrected chi connectivity index (χ3v) is 9.81. The maximum atomic E-state index is 6.38. The number of hydrogen-bond acceptors (Lipinski definition) is 4. The lowest BCUT2D eigenvalue weighted by molar-refractivity contribution is 0.668. The molecule has 0 atom stereocenters. The molecular weight excluding hydrogens is 637 g/mol. The molecule has 2 aromatic heterocycles. The lowest BCUT2D eigenvalue weighted by atomic mass is 10.00. The van der Waals surface area contributed by atoms with Crippen LogP contribution < -0.4 is 9.80 Å². The monoisotopic (exact) mass is 668 g/mol.